The van der Waals surface area contributed by atoms with Crippen molar-refractivity contribution in [3.05, 3.63) is 24.2 Å². The van der Waals surface area contributed by atoms with E-state index in [1.165, 1.54) is 39.0 Å². The van der Waals surface area contributed by atoms with Gasteiger partial charge in [0.2, 0.25) is 0 Å². The lowest BCUT2D eigenvalue weighted by Crippen LogP contribution is -2.48. The van der Waals surface area contributed by atoms with Crippen LogP contribution in [0.4, 0.5) is 0 Å². The minimum absolute atomic E-state index is 0.842. The topological polar surface area (TPSA) is 31.7 Å². The predicted molar refractivity (Wildman–Crippen MR) is 71.4 cm³/mol. The van der Waals surface area contributed by atoms with Crippen LogP contribution in [-0.2, 0) is 6.54 Å². The van der Waals surface area contributed by atoms with Crippen molar-refractivity contribution in [2.75, 3.05) is 39.3 Å². The molecule has 2 aliphatic rings. The average molecular weight is 249 g/mol. The van der Waals surface area contributed by atoms with Gasteiger partial charge in [0.15, 0.2) is 0 Å². The summed E-state index contributed by atoms with van der Waals surface area (Å²) in [6.07, 6.45) is 4.60. The number of furan rings is 1. The van der Waals surface area contributed by atoms with Crippen molar-refractivity contribution in [2.45, 2.75) is 25.4 Å². The highest BCUT2D eigenvalue weighted by molar-refractivity contribution is 4.97. The molecule has 0 atom stereocenters. The zero-order chi connectivity index (χ0) is 12.2. The normalized spacial score (nSPS) is 22.4. The highest BCUT2D eigenvalue weighted by Crippen LogP contribution is 2.27. The molecule has 0 bridgehead atoms. The first-order chi connectivity index (χ1) is 8.92. The molecule has 1 saturated heterocycles. The van der Waals surface area contributed by atoms with Crippen molar-refractivity contribution in [1.29, 1.82) is 0 Å². The summed E-state index contributed by atoms with van der Waals surface area (Å²) < 4.78 is 5.29. The van der Waals surface area contributed by atoms with Crippen LogP contribution in [0.5, 0.6) is 0 Å². The van der Waals surface area contributed by atoms with Gasteiger partial charge in [-0.15, -0.1) is 0 Å². The molecule has 0 spiro atoms. The van der Waals surface area contributed by atoms with Gasteiger partial charge in [-0.1, -0.05) is 0 Å². The van der Waals surface area contributed by atoms with E-state index < -0.39 is 0 Å². The highest BCUT2D eigenvalue weighted by atomic mass is 16.3. The van der Waals surface area contributed by atoms with Crippen LogP contribution >= 0.6 is 0 Å². The zero-order valence-corrected chi connectivity index (χ0v) is 11.0. The smallest absolute Gasteiger partial charge is 0.117 e. The highest BCUT2D eigenvalue weighted by Gasteiger charge is 2.30. The van der Waals surface area contributed by atoms with Gasteiger partial charge in [-0.2, -0.15) is 0 Å². The van der Waals surface area contributed by atoms with Crippen LogP contribution in [0.3, 0.4) is 0 Å². The monoisotopic (exact) mass is 249 g/mol. The van der Waals surface area contributed by atoms with Crippen LogP contribution in [0.1, 0.15) is 18.6 Å². The van der Waals surface area contributed by atoms with Crippen molar-refractivity contribution in [2.24, 2.45) is 0 Å². The average Bonchev–Trinajstić information content (AvgIpc) is 3.13. The molecule has 0 aromatic carbocycles. The van der Waals surface area contributed by atoms with Crippen molar-refractivity contribution in [1.82, 2.24) is 15.1 Å². The van der Waals surface area contributed by atoms with E-state index >= 15 is 0 Å². The first-order valence-corrected chi connectivity index (χ1v) is 7.11. The van der Waals surface area contributed by atoms with Crippen molar-refractivity contribution in [3.8, 4) is 0 Å². The molecule has 2 fully saturated rings. The summed E-state index contributed by atoms with van der Waals surface area (Å²) in [7, 11) is 0. The summed E-state index contributed by atoms with van der Waals surface area (Å²) >= 11 is 0. The quantitative estimate of drug-likeness (QED) is 0.766. The van der Waals surface area contributed by atoms with Gasteiger partial charge in [-0.25, -0.2) is 0 Å². The molecule has 4 heteroatoms. The van der Waals surface area contributed by atoms with E-state index in [9.17, 15) is 0 Å². The van der Waals surface area contributed by atoms with E-state index in [2.05, 4.69) is 15.1 Å². The third kappa shape index (κ3) is 3.34. The number of nitrogens with one attached hydrogen (secondary N) is 1. The second-order valence-corrected chi connectivity index (χ2v) is 5.36. The van der Waals surface area contributed by atoms with Gasteiger partial charge in [0.25, 0.3) is 0 Å². The van der Waals surface area contributed by atoms with Crippen LogP contribution in [-0.4, -0.2) is 55.1 Å². The molecule has 1 aromatic rings. The second kappa shape index (κ2) is 5.87. The SMILES string of the molecule is c1coc(CNCCN2CCN(C3CC3)CC2)c1. The summed E-state index contributed by atoms with van der Waals surface area (Å²) in [4.78, 5) is 5.22. The molecule has 1 aliphatic carbocycles. The summed E-state index contributed by atoms with van der Waals surface area (Å²) in [5.74, 6) is 1.02. The Balaban J connectivity index is 1.27. The summed E-state index contributed by atoms with van der Waals surface area (Å²) in [5.41, 5.74) is 0. The summed E-state index contributed by atoms with van der Waals surface area (Å²) in [6.45, 7) is 8.04. The van der Waals surface area contributed by atoms with Gasteiger partial charge in [0.1, 0.15) is 5.76 Å². The fraction of sp³-hybridized carbons (Fsp3) is 0.714. The number of hydrogen-bond donors (Lipinski definition) is 1. The number of piperazine rings is 1. The zero-order valence-electron chi connectivity index (χ0n) is 11.0. The molecular weight excluding hydrogens is 226 g/mol. The Morgan fingerprint density at radius 2 is 2.06 bits per heavy atom. The standard InChI is InChI=1S/C14H23N3O/c1-2-14(18-11-1)12-15-5-6-16-7-9-17(10-8-16)13-3-4-13/h1-2,11,13,15H,3-10,12H2. The minimum atomic E-state index is 0.842. The Kier molecular flexibility index (Phi) is 3.98. The second-order valence-electron chi connectivity index (χ2n) is 5.36. The maximum Gasteiger partial charge on any atom is 0.117 e. The molecule has 1 aromatic heterocycles. The molecule has 0 amide bonds. The lowest BCUT2D eigenvalue weighted by Gasteiger charge is -2.34. The molecule has 0 unspecified atom stereocenters. The lowest BCUT2D eigenvalue weighted by molar-refractivity contribution is 0.127. The maximum atomic E-state index is 5.29. The fourth-order valence-corrected chi connectivity index (χ4v) is 2.65. The van der Waals surface area contributed by atoms with Gasteiger partial charge in [-0.05, 0) is 25.0 Å². The largest absolute Gasteiger partial charge is 0.468 e. The Hall–Kier alpha value is -0.840. The van der Waals surface area contributed by atoms with Gasteiger partial charge in [0, 0.05) is 45.3 Å². The Labute approximate surface area is 109 Å². The van der Waals surface area contributed by atoms with Crippen molar-refractivity contribution < 1.29 is 4.42 Å². The van der Waals surface area contributed by atoms with E-state index in [0.717, 1.165) is 31.4 Å². The Bertz CT molecular complexity index is 340. The van der Waals surface area contributed by atoms with E-state index in [-0.39, 0.29) is 0 Å². The van der Waals surface area contributed by atoms with Crippen molar-refractivity contribution in [3.63, 3.8) is 0 Å². The van der Waals surface area contributed by atoms with Crippen LogP contribution in [0, 0.1) is 0 Å². The van der Waals surface area contributed by atoms with E-state index in [0.29, 0.717) is 0 Å². The summed E-state index contributed by atoms with van der Waals surface area (Å²) in [5, 5.41) is 3.43. The third-order valence-electron chi connectivity index (χ3n) is 3.95. The van der Waals surface area contributed by atoms with Gasteiger partial charge < -0.3 is 9.73 Å². The molecule has 1 aliphatic heterocycles. The van der Waals surface area contributed by atoms with E-state index in [1.807, 2.05) is 12.1 Å². The molecule has 0 radical (unpaired) electrons. The van der Waals surface area contributed by atoms with Crippen LogP contribution < -0.4 is 5.32 Å². The predicted octanol–water partition coefficient (Wildman–Crippen LogP) is 1.15. The number of rotatable bonds is 6. The molecule has 2 heterocycles. The molecule has 1 saturated carbocycles. The van der Waals surface area contributed by atoms with E-state index in [1.54, 1.807) is 6.26 Å². The van der Waals surface area contributed by atoms with Gasteiger partial charge in [-0.3, -0.25) is 9.80 Å². The lowest BCUT2D eigenvalue weighted by atomic mass is 10.3. The molecule has 18 heavy (non-hydrogen) atoms. The number of nitrogens with zero attached hydrogens (tertiary/aromatic N) is 2. The Morgan fingerprint density at radius 3 is 2.72 bits per heavy atom. The van der Waals surface area contributed by atoms with Gasteiger partial charge >= 0.3 is 0 Å². The first kappa shape index (κ1) is 12.2. The number of hydrogen-bond acceptors (Lipinski definition) is 4. The first-order valence-electron chi connectivity index (χ1n) is 7.11. The molecule has 1 N–H and O–H groups in total. The molecule has 3 rings (SSSR count). The van der Waals surface area contributed by atoms with Crippen molar-refractivity contribution >= 4 is 0 Å². The van der Waals surface area contributed by atoms with E-state index in [4.69, 9.17) is 4.42 Å². The van der Waals surface area contributed by atoms with Gasteiger partial charge in [0.05, 0.1) is 12.8 Å². The molecular formula is C14H23N3O. The van der Waals surface area contributed by atoms with Crippen LogP contribution in [0.15, 0.2) is 22.8 Å². The fourth-order valence-electron chi connectivity index (χ4n) is 2.65. The maximum absolute atomic E-state index is 5.29. The van der Waals surface area contributed by atoms with Crippen LogP contribution in [0.2, 0.25) is 0 Å². The molecule has 4 nitrogen and oxygen atoms in total. The molecule has 100 valence electrons. The minimum Gasteiger partial charge on any atom is -0.468 e. The summed E-state index contributed by atoms with van der Waals surface area (Å²) in [6, 6.07) is 4.89. The van der Waals surface area contributed by atoms with Crippen LogP contribution in [0.25, 0.3) is 0 Å². The Morgan fingerprint density at radius 1 is 1.22 bits per heavy atom. The third-order valence-corrected chi connectivity index (χ3v) is 3.95.